The zero-order chi connectivity index (χ0) is 28.3. The highest BCUT2D eigenvalue weighted by molar-refractivity contribution is 7.52. The Labute approximate surface area is 232 Å². The Morgan fingerprint density at radius 1 is 1.18 bits per heavy atom. The van der Waals surface area contributed by atoms with E-state index in [2.05, 4.69) is 20.0 Å². The summed E-state index contributed by atoms with van der Waals surface area (Å²) in [7, 11) is -4.16. The van der Waals surface area contributed by atoms with Gasteiger partial charge in [0.2, 0.25) is 0 Å². The average Bonchev–Trinajstić information content (AvgIpc) is 3.54. The molecule has 13 nitrogen and oxygen atoms in total. The van der Waals surface area contributed by atoms with Gasteiger partial charge >= 0.3 is 13.7 Å². The molecule has 0 bridgehead atoms. The van der Waals surface area contributed by atoms with E-state index in [1.165, 1.54) is 12.7 Å². The molecule has 3 unspecified atom stereocenters. The molecule has 1 aliphatic heterocycles. The van der Waals surface area contributed by atoms with Crippen molar-refractivity contribution in [2.45, 2.75) is 89.1 Å². The van der Waals surface area contributed by atoms with Crippen LogP contribution in [0.1, 0.15) is 58.6 Å². The molecule has 0 radical (unpaired) electrons. The minimum absolute atomic E-state index is 0.154. The fraction of sp³-hybridized carbons (Fsp3) is 0.538. The fourth-order valence-corrected chi connectivity index (χ4v) is 6.76. The summed E-state index contributed by atoms with van der Waals surface area (Å²) >= 11 is 0. The summed E-state index contributed by atoms with van der Waals surface area (Å²) in [6.45, 7) is 3.17. The number of nitrogens with zero attached hydrogens (tertiary/aromatic N) is 4. The highest BCUT2D eigenvalue weighted by Gasteiger charge is 2.44. The van der Waals surface area contributed by atoms with Crippen molar-refractivity contribution in [1.82, 2.24) is 24.6 Å². The van der Waals surface area contributed by atoms with Crippen molar-refractivity contribution < 1.29 is 33.0 Å². The topological polar surface area (TPSA) is 173 Å². The van der Waals surface area contributed by atoms with Gasteiger partial charge in [0.1, 0.15) is 42.1 Å². The number of benzene rings is 1. The zero-order valence-corrected chi connectivity index (χ0v) is 23.4. The number of nitrogen functional groups attached to an aromatic ring is 1. The average molecular weight is 575 g/mol. The number of nitrogens with one attached hydrogen (secondary N) is 1. The quantitative estimate of drug-likeness (QED) is 0.238. The highest BCUT2D eigenvalue weighted by atomic mass is 31.2. The number of hydrogen-bond donors (Lipinski definition) is 3. The van der Waals surface area contributed by atoms with E-state index in [1.807, 2.05) is 0 Å². The molecule has 1 saturated heterocycles. The third-order valence-electron chi connectivity index (χ3n) is 7.11. The monoisotopic (exact) mass is 574 g/mol. The molecule has 216 valence electrons. The van der Waals surface area contributed by atoms with Crippen LogP contribution < -0.4 is 15.3 Å². The van der Waals surface area contributed by atoms with Gasteiger partial charge in [0.05, 0.1) is 18.5 Å². The Kier molecular flexibility index (Phi) is 8.67. The maximum Gasteiger partial charge on any atom is 0.459 e. The minimum Gasteiger partial charge on any atom is -0.461 e. The lowest BCUT2D eigenvalue weighted by molar-refractivity contribution is -0.152. The molecular weight excluding hydrogens is 539 g/mol. The summed E-state index contributed by atoms with van der Waals surface area (Å²) in [6.07, 6.45) is 4.30. The van der Waals surface area contributed by atoms with E-state index in [4.69, 9.17) is 24.3 Å². The third kappa shape index (κ3) is 6.45. The van der Waals surface area contributed by atoms with Crippen molar-refractivity contribution in [2.24, 2.45) is 0 Å². The van der Waals surface area contributed by atoms with E-state index in [-0.39, 0.29) is 24.1 Å². The van der Waals surface area contributed by atoms with Gasteiger partial charge in [-0.15, -0.1) is 0 Å². The van der Waals surface area contributed by atoms with Gasteiger partial charge in [0.25, 0.3) is 0 Å². The lowest BCUT2D eigenvalue weighted by Gasteiger charge is -2.29. The Bertz CT molecular complexity index is 1350. The summed E-state index contributed by atoms with van der Waals surface area (Å²) in [5.74, 6) is -0.0199. The summed E-state index contributed by atoms with van der Waals surface area (Å²) < 4.78 is 39.2. The molecule has 1 saturated carbocycles. The van der Waals surface area contributed by atoms with Crippen molar-refractivity contribution in [3.8, 4) is 5.75 Å². The maximum atomic E-state index is 14.0. The van der Waals surface area contributed by atoms with Crippen molar-refractivity contribution in [3.05, 3.63) is 43.0 Å². The van der Waals surface area contributed by atoms with Gasteiger partial charge in [-0.05, 0) is 51.7 Å². The molecule has 3 aromatic rings. The van der Waals surface area contributed by atoms with Crippen LogP contribution in [-0.2, 0) is 23.4 Å². The smallest absolute Gasteiger partial charge is 0.459 e. The summed E-state index contributed by atoms with van der Waals surface area (Å²) in [5.41, 5.74) is 6.78. The Morgan fingerprint density at radius 2 is 1.93 bits per heavy atom. The van der Waals surface area contributed by atoms with Crippen LogP contribution in [0.5, 0.6) is 5.75 Å². The third-order valence-corrected chi connectivity index (χ3v) is 8.88. The number of esters is 1. The Morgan fingerprint density at radius 3 is 2.67 bits per heavy atom. The van der Waals surface area contributed by atoms with Crippen LogP contribution in [-0.4, -0.2) is 61.1 Å². The molecule has 1 aliphatic carbocycles. The number of aliphatic hydroxyl groups is 1. The number of anilines is 1. The van der Waals surface area contributed by atoms with Crippen LogP contribution >= 0.6 is 7.75 Å². The first-order valence-electron chi connectivity index (χ1n) is 13.5. The van der Waals surface area contributed by atoms with E-state index >= 15 is 0 Å². The number of carbonyl (C=O) groups is 1. The van der Waals surface area contributed by atoms with E-state index in [0.29, 0.717) is 11.2 Å². The number of nitrogens with two attached hydrogens (primary N) is 1. The molecule has 2 fully saturated rings. The van der Waals surface area contributed by atoms with E-state index in [0.717, 1.165) is 32.1 Å². The number of fused-ring (bicyclic) bond motifs is 1. The second kappa shape index (κ2) is 12.2. The van der Waals surface area contributed by atoms with Crippen LogP contribution in [0, 0.1) is 0 Å². The minimum atomic E-state index is -4.16. The number of para-hydroxylation sites is 1. The number of rotatable bonds is 10. The van der Waals surface area contributed by atoms with Gasteiger partial charge in [-0.1, -0.05) is 24.6 Å². The molecule has 40 heavy (non-hydrogen) atoms. The molecule has 0 spiro atoms. The van der Waals surface area contributed by atoms with Gasteiger partial charge in [-0.3, -0.25) is 13.9 Å². The first-order chi connectivity index (χ1) is 19.2. The van der Waals surface area contributed by atoms with Gasteiger partial charge in [0.15, 0.2) is 11.5 Å². The number of aliphatic hydroxyl groups excluding tert-OH is 1. The van der Waals surface area contributed by atoms with E-state index in [9.17, 15) is 14.5 Å². The zero-order valence-electron chi connectivity index (χ0n) is 22.5. The van der Waals surface area contributed by atoms with Crippen LogP contribution in [0.3, 0.4) is 0 Å². The van der Waals surface area contributed by atoms with Gasteiger partial charge < -0.3 is 24.8 Å². The van der Waals surface area contributed by atoms with Gasteiger partial charge in [0, 0.05) is 6.42 Å². The first kappa shape index (κ1) is 28.4. The molecule has 0 amide bonds. The molecule has 1 aromatic carbocycles. The maximum absolute atomic E-state index is 14.0. The predicted molar refractivity (Wildman–Crippen MR) is 145 cm³/mol. The first-order valence-corrected chi connectivity index (χ1v) is 15.0. The van der Waals surface area contributed by atoms with Crippen molar-refractivity contribution in [1.29, 1.82) is 0 Å². The molecule has 3 heterocycles. The molecule has 2 aromatic heterocycles. The lowest BCUT2D eigenvalue weighted by Crippen LogP contribution is -2.40. The van der Waals surface area contributed by atoms with Crippen LogP contribution in [0.4, 0.5) is 5.82 Å². The molecule has 14 heteroatoms. The van der Waals surface area contributed by atoms with Crippen LogP contribution in [0.2, 0.25) is 0 Å². The number of ether oxygens (including phenoxy) is 2. The van der Waals surface area contributed by atoms with Crippen molar-refractivity contribution in [2.75, 3.05) is 5.73 Å². The molecule has 5 rings (SSSR count). The van der Waals surface area contributed by atoms with Crippen molar-refractivity contribution in [3.63, 3.8) is 0 Å². The Balaban J connectivity index is 1.29. The van der Waals surface area contributed by atoms with E-state index in [1.54, 1.807) is 48.7 Å². The summed E-state index contributed by atoms with van der Waals surface area (Å²) in [6, 6.07) is 7.52. The highest BCUT2D eigenvalue weighted by Crippen LogP contribution is 2.48. The summed E-state index contributed by atoms with van der Waals surface area (Å²) in [5, 5.41) is 13.6. The second-order valence-corrected chi connectivity index (χ2v) is 11.8. The molecule has 6 atom stereocenters. The molecule has 4 N–H and O–H groups in total. The number of imidazole rings is 1. The van der Waals surface area contributed by atoms with Crippen molar-refractivity contribution >= 4 is 30.7 Å². The second-order valence-electron chi connectivity index (χ2n) is 10.2. The standard InChI is InChI=1S/C26H35N6O7P/c1-16(26(34)36-18-9-5-3-6-10-18)31-40(35,39-19-11-7-4-8-12-19)38-17(2)23-20(33)13-21(37-23)32-15-30-22-24(27)28-14-29-25(22)32/h4,7-8,11-12,14-18,20-21,23,33H,3,5-6,9-10,13H2,1-2H3,(H,31,35)(H2,27,28,29)/t16?,17?,20-,21+,23+,40?/m0/s1. The van der Waals surface area contributed by atoms with Crippen LogP contribution in [0.25, 0.3) is 11.2 Å². The van der Waals surface area contributed by atoms with Gasteiger partial charge in [-0.25, -0.2) is 19.5 Å². The molecular formula is C26H35N6O7P. The summed E-state index contributed by atoms with van der Waals surface area (Å²) in [4.78, 5) is 25.3. The SMILES string of the molecule is CC(NP(=O)(Oc1ccccc1)OC(C)[C@H]1O[C@@H](n2cnc3c(N)ncnc32)C[C@@H]1O)C(=O)OC1CCCCC1. The predicted octanol–water partition coefficient (Wildman–Crippen LogP) is 3.50. The lowest BCUT2D eigenvalue weighted by atomic mass is 9.98. The van der Waals surface area contributed by atoms with E-state index < -0.39 is 44.3 Å². The fourth-order valence-electron chi connectivity index (χ4n) is 5.07. The molecule has 2 aliphatic rings. The normalized spacial score (nSPS) is 24.8. The Hall–Kier alpha value is -3.09. The number of aromatic nitrogens is 4. The number of carbonyl (C=O) groups excluding carboxylic acids is 1. The largest absolute Gasteiger partial charge is 0.461 e. The van der Waals surface area contributed by atoms with Gasteiger partial charge in [-0.2, -0.15) is 5.09 Å². The number of hydrogen-bond acceptors (Lipinski definition) is 11. The van der Waals surface area contributed by atoms with Crippen LogP contribution in [0.15, 0.2) is 43.0 Å².